The lowest BCUT2D eigenvalue weighted by Gasteiger charge is -2.03. The number of aliphatic hydroxyl groups is 1. The summed E-state index contributed by atoms with van der Waals surface area (Å²) in [6.45, 7) is -0.0972. The summed E-state index contributed by atoms with van der Waals surface area (Å²) in [6.07, 6.45) is 1.42. The molecule has 0 spiro atoms. The monoisotopic (exact) mass is 220 g/mol. The topological polar surface area (TPSA) is 46.0 Å². The molecule has 0 bridgehead atoms. The van der Waals surface area contributed by atoms with Crippen molar-refractivity contribution in [3.63, 3.8) is 0 Å². The zero-order valence-electron chi connectivity index (χ0n) is 7.89. The molecule has 0 amide bonds. The predicted octanol–water partition coefficient (Wildman–Crippen LogP) is 2.29. The fourth-order valence-corrected chi connectivity index (χ4v) is 1.53. The van der Waals surface area contributed by atoms with Crippen LogP contribution in [0.2, 0.25) is 5.02 Å². The van der Waals surface area contributed by atoms with Crippen molar-refractivity contribution < 1.29 is 5.11 Å². The van der Waals surface area contributed by atoms with Gasteiger partial charge < -0.3 is 5.11 Å². The van der Waals surface area contributed by atoms with Crippen LogP contribution in [0.3, 0.4) is 0 Å². The average Bonchev–Trinajstić information content (AvgIpc) is 2.30. The van der Waals surface area contributed by atoms with Crippen LogP contribution in [0.5, 0.6) is 0 Å². The van der Waals surface area contributed by atoms with Gasteiger partial charge in [0.05, 0.1) is 18.0 Å². The summed E-state index contributed by atoms with van der Waals surface area (Å²) in [5, 5.41) is 9.59. The number of benzene rings is 1. The minimum atomic E-state index is -0.0972. The highest BCUT2D eigenvalue weighted by atomic mass is 35.5. The summed E-state index contributed by atoms with van der Waals surface area (Å²) in [5.74, 6) is 0. The molecule has 0 atom stereocenters. The molecule has 2 rings (SSSR count). The van der Waals surface area contributed by atoms with E-state index >= 15 is 0 Å². The Morgan fingerprint density at radius 2 is 2.00 bits per heavy atom. The van der Waals surface area contributed by atoms with Crippen molar-refractivity contribution in [2.24, 2.45) is 0 Å². The quantitative estimate of drug-likeness (QED) is 0.845. The number of hydrogen-bond donors (Lipinski definition) is 1. The van der Waals surface area contributed by atoms with Gasteiger partial charge in [-0.3, -0.25) is 0 Å². The van der Waals surface area contributed by atoms with Crippen LogP contribution in [0.4, 0.5) is 0 Å². The van der Waals surface area contributed by atoms with Gasteiger partial charge in [0.25, 0.3) is 0 Å². The first kappa shape index (κ1) is 10.1. The molecule has 0 radical (unpaired) electrons. The number of hydrogen-bond acceptors (Lipinski definition) is 3. The minimum Gasteiger partial charge on any atom is -0.390 e. The van der Waals surface area contributed by atoms with E-state index in [1.54, 1.807) is 12.1 Å². The van der Waals surface area contributed by atoms with Gasteiger partial charge in [0, 0.05) is 10.6 Å². The Morgan fingerprint density at radius 1 is 1.20 bits per heavy atom. The van der Waals surface area contributed by atoms with E-state index in [-0.39, 0.29) is 6.61 Å². The van der Waals surface area contributed by atoms with Gasteiger partial charge in [-0.1, -0.05) is 29.8 Å². The van der Waals surface area contributed by atoms with Gasteiger partial charge in [0.15, 0.2) is 0 Å². The Hall–Kier alpha value is -1.45. The molecule has 1 heterocycles. The molecule has 4 heteroatoms. The summed E-state index contributed by atoms with van der Waals surface area (Å²) < 4.78 is 0. The van der Waals surface area contributed by atoms with Crippen molar-refractivity contribution in [1.82, 2.24) is 9.97 Å². The third-order valence-electron chi connectivity index (χ3n) is 2.04. The van der Waals surface area contributed by atoms with Gasteiger partial charge in [-0.05, 0) is 12.1 Å². The first-order valence-corrected chi connectivity index (χ1v) is 4.86. The molecule has 3 nitrogen and oxygen atoms in total. The van der Waals surface area contributed by atoms with Crippen molar-refractivity contribution in [1.29, 1.82) is 0 Å². The van der Waals surface area contributed by atoms with Crippen LogP contribution in [-0.2, 0) is 6.61 Å². The molecule has 0 saturated carbocycles. The molecule has 0 aliphatic carbocycles. The van der Waals surface area contributed by atoms with E-state index in [2.05, 4.69) is 9.97 Å². The third-order valence-corrected chi connectivity index (χ3v) is 2.37. The number of halogens is 1. The molecule has 0 unspecified atom stereocenters. The van der Waals surface area contributed by atoms with Crippen LogP contribution in [0.1, 0.15) is 5.69 Å². The van der Waals surface area contributed by atoms with Crippen LogP contribution >= 0.6 is 11.6 Å². The highest BCUT2D eigenvalue weighted by Crippen LogP contribution is 2.25. The van der Waals surface area contributed by atoms with Crippen molar-refractivity contribution in [2.45, 2.75) is 6.61 Å². The Bertz CT molecular complexity index is 474. The fourth-order valence-electron chi connectivity index (χ4n) is 1.30. The second kappa shape index (κ2) is 4.38. The number of aromatic nitrogens is 2. The van der Waals surface area contributed by atoms with Gasteiger partial charge in [0.2, 0.25) is 0 Å². The van der Waals surface area contributed by atoms with Crippen LogP contribution in [-0.4, -0.2) is 15.1 Å². The average molecular weight is 221 g/mol. The minimum absolute atomic E-state index is 0.0972. The zero-order chi connectivity index (χ0) is 10.7. The van der Waals surface area contributed by atoms with Gasteiger partial charge >= 0.3 is 0 Å². The molecule has 0 aliphatic heterocycles. The Balaban J connectivity index is 2.49. The molecule has 1 aromatic carbocycles. The van der Waals surface area contributed by atoms with E-state index < -0.39 is 0 Å². The van der Waals surface area contributed by atoms with Crippen LogP contribution in [0.25, 0.3) is 11.3 Å². The fraction of sp³-hybridized carbons (Fsp3) is 0.0909. The number of aliphatic hydroxyl groups excluding tert-OH is 1. The SMILES string of the molecule is OCc1cc(-c2ccccc2Cl)ncn1. The molecule has 2 aromatic rings. The highest BCUT2D eigenvalue weighted by Gasteiger charge is 2.04. The Labute approximate surface area is 92.4 Å². The molecule has 0 saturated heterocycles. The van der Waals surface area contributed by atoms with E-state index in [1.807, 2.05) is 18.2 Å². The van der Waals surface area contributed by atoms with E-state index in [4.69, 9.17) is 16.7 Å². The molecule has 1 aromatic heterocycles. The lowest BCUT2D eigenvalue weighted by atomic mass is 10.1. The first-order chi connectivity index (χ1) is 7.31. The smallest absolute Gasteiger partial charge is 0.116 e. The normalized spacial score (nSPS) is 10.3. The van der Waals surface area contributed by atoms with Gasteiger partial charge in [-0.25, -0.2) is 9.97 Å². The summed E-state index contributed by atoms with van der Waals surface area (Å²) >= 11 is 6.03. The van der Waals surface area contributed by atoms with E-state index in [1.165, 1.54) is 6.33 Å². The van der Waals surface area contributed by atoms with Gasteiger partial charge in [0.1, 0.15) is 6.33 Å². The summed E-state index contributed by atoms with van der Waals surface area (Å²) in [7, 11) is 0. The third kappa shape index (κ3) is 2.14. The van der Waals surface area contributed by atoms with Gasteiger partial charge in [-0.15, -0.1) is 0 Å². The standard InChI is InChI=1S/C11H9ClN2O/c12-10-4-2-1-3-9(10)11-5-8(6-15)13-7-14-11/h1-5,7,15H,6H2. The molecule has 0 aliphatic rings. The molecule has 76 valence electrons. The number of rotatable bonds is 2. The first-order valence-electron chi connectivity index (χ1n) is 4.48. The second-order valence-corrected chi connectivity index (χ2v) is 3.44. The maximum Gasteiger partial charge on any atom is 0.116 e. The molecule has 1 N–H and O–H groups in total. The van der Waals surface area contributed by atoms with Crippen LogP contribution in [0, 0.1) is 0 Å². The zero-order valence-corrected chi connectivity index (χ0v) is 8.65. The highest BCUT2D eigenvalue weighted by molar-refractivity contribution is 6.33. The van der Waals surface area contributed by atoms with Crippen LogP contribution < -0.4 is 0 Å². The van der Waals surface area contributed by atoms with Gasteiger partial charge in [-0.2, -0.15) is 0 Å². The molecule has 15 heavy (non-hydrogen) atoms. The van der Waals surface area contributed by atoms with Crippen molar-refractivity contribution in [2.75, 3.05) is 0 Å². The summed E-state index contributed by atoms with van der Waals surface area (Å²) in [6, 6.07) is 9.16. The Morgan fingerprint density at radius 3 is 2.73 bits per heavy atom. The molecular formula is C11H9ClN2O. The maximum absolute atomic E-state index is 8.95. The van der Waals surface area contributed by atoms with Crippen molar-refractivity contribution >= 4 is 11.6 Å². The second-order valence-electron chi connectivity index (χ2n) is 3.03. The van der Waals surface area contributed by atoms with Crippen molar-refractivity contribution in [3.8, 4) is 11.3 Å². The Kier molecular flexibility index (Phi) is 2.94. The maximum atomic E-state index is 8.95. The summed E-state index contributed by atoms with van der Waals surface area (Å²) in [5.41, 5.74) is 2.15. The van der Waals surface area contributed by atoms with Crippen molar-refractivity contribution in [3.05, 3.63) is 47.4 Å². The van der Waals surface area contributed by atoms with E-state index in [0.29, 0.717) is 10.7 Å². The lowest BCUT2D eigenvalue weighted by molar-refractivity contribution is 0.276. The molecule has 0 fully saturated rings. The van der Waals surface area contributed by atoms with Crippen LogP contribution in [0.15, 0.2) is 36.7 Å². The van der Waals surface area contributed by atoms with E-state index in [0.717, 1.165) is 11.3 Å². The largest absolute Gasteiger partial charge is 0.390 e. The predicted molar refractivity (Wildman–Crippen MR) is 58.4 cm³/mol. The number of nitrogens with zero attached hydrogens (tertiary/aromatic N) is 2. The van der Waals surface area contributed by atoms with E-state index in [9.17, 15) is 0 Å². The summed E-state index contributed by atoms with van der Waals surface area (Å²) in [4.78, 5) is 8.02. The molecular weight excluding hydrogens is 212 g/mol. The lowest BCUT2D eigenvalue weighted by Crippen LogP contribution is -1.92.